The van der Waals surface area contributed by atoms with Crippen LogP contribution in [0.2, 0.25) is 0 Å². The number of nitrogens with two attached hydrogens (primary N) is 1. The minimum Gasteiger partial charge on any atom is -0.456 e. The van der Waals surface area contributed by atoms with Crippen LogP contribution in [0.3, 0.4) is 0 Å². The van der Waals surface area contributed by atoms with Crippen molar-refractivity contribution in [1.29, 1.82) is 0 Å². The van der Waals surface area contributed by atoms with Crippen LogP contribution in [0.15, 0.2) is 24.3 Å². The number of esters is 1. The fourth-order valence-electron chi connectivity index (χ4n) is 3.17. The van der Waals surface area contributed by atoms with E-state index in [0.717, 1.165) is 34.6 Å². The molecule has 3 N–H and O–H groups in total. The lowest BCUT2D eigenvalue weighted by Gasteiger charge is -2.11. The number of hydrogen-bond acceptors (Lipinski definition) is 7. The highest BCUT2D eigenvalue weighted by Gasteiger charge is 2.15. The van der Waals surface area contributed by atoms with E-state index in [1.165, 1.54) is 0 Å². The average Bonchev–Trinajstić information content (AvgIpc) is 3.07. The number of hydrogen-bond donors (Lipinski definition) is 2. The molecule has 0 atom stereocenters. The fourth-order valence-corrected chi connectivity index (χ4v) is 3.17. The van der Waals surface area contributed by atoms with Gasteiger partial charge in [-0.1, -0.05) is 25.1 Å². The van der Waals surface area contributed by atoms with Gasteiger partial charge in [-0.15, -0.1) is 5.10 Å². The van der Waals surface area contributed by atoms with Gasteiger partial charge in [-0.3, -0.25) is 9.59 Å². The van der Waals surface area contributed by atoms with Crippen LogP contribution in [0, 0.1) is 13.8 Å². The number of ether oxygens (including phenoxy) is 1. The fraction of sp³-hybridized carbons (Fsp3) is 0.350. The van der Waals surface area contributed by atoms with Gasteiger partial charge in [0.1, 0.15) is 0 Å². The molecule has 0 unspecified atom stereocenters. The first-order valence-electron chi connectivity index (χ1n) is 9.40. The number of benzene rings is 1. The molecule has 1 aromatic carbocycles. The summed E-state index contributed by atoms with van der Waals surface area (Å²) in [6.45, 7) is 5.40. The number of fused-ring (bicyclic) bond motifs is 1. The van der Waals surface area contributed by atoms with Crippen molar-refractivity contribution in [2.24, 2.45) is 0 Å². The quantitative estimate of drug-likeness (QED) is 0.585. The SMILES string of the molecule is CCc1ccccc1NC(=O)COC(=O)CCc1c(C)nc2nc(N)nn2c1C. The number of carbonyl (C=O) groups is 2. The molecule has 0 saturated carbocycles. The molecule has 0 aliphatic carbocycles. The number of anilines is 2. The van der Waals surface area contributed by atoms with Crippen molar-refractivity contribution in [3.8, 4) is 0 Å². The summed E-state index contributed by atoms with van der Waals surface area (Å²) < 4.78 is 6.67. The Balaban J connectivity index is 1.55. The van der Waals surface area contributed by atoms with Crippen molar-refractivity contribution in [3.05, 3.63) is 46.8 Å². The molecule has 0 bridgehead atoms. The molecular formula is C20H24N6O3. The van der Waals surface area contributed by atoms with E-state index in [4.69, 9.17) is 10.5 Å². The molecule has 152 valence electrons. The summed E-state index contributed by atoms with van der Waals surface area (Å²) in [5, 5.41) is 6.88. The Hall–Kier alpha value is -3.49. The lowest BCUT2D eigenvalue weighted by Crippen LogP contribution is -2.21. The van der Waals surface area contributed by atoms with Gasteiger partial charge in [0, 0.05) is 23.5 Å². The number of para-hydroxylation sites is 1. The molecule has 0 fully saturated rings. The Bertz CT molecular complexity index is 1060. The number of amides is 1. The van der Waals surface area contributed by atoms with E-state index in [-0.39, 0.29) is 24.9 Å². The summed E-state index contributed by atoms with van der Waals surface area (Å²) in [5.41, 5.74) is 9.83. The molecule has 0 saturated heterocycles. The largest absolute Gasteiger partial charge is 0.456 e. The van der Waals surface area contributed by atoms with Gasteiger partial charge in [0.05, 0.1) is 0 Å². The van der Waals surface area contributed by atoms with Gasteiger partial charge < -0.3 is 15.8 Å². The van der Waals surface area contributed by atoms with E-state index in [2.05, 4.69) is 20.4 Å². The molecule has 3 aromatic rings. The van der Waals surface area contributed by atoms with E-state index in [1.807, 2.05) is 45.0 Å². The monoisotopic (exact) mass is 396 g/mol. The van der Waals surface area contributed by atoms with Gasteiger partial charge >= 0.3 is 5.97 Å². The van der Waals surface area contributed by atoms with Gasteiger partial charge in [0.25, 0.3) is 11.7 Å². The lowest BCUT2D eigenvalue weighted by molar-refractivity contribution is -0.147. The Morgan fingerprint density at radius 3 is 2.72 bits per heavy atom. The van der Waals surface area contributed by atoms with E-state index in [1.54, 1.807) is 4.52 Å². The first-order valence-corrected chi connectivity index (χ1v) is 9.40. The second kappa shape index (κ2) is 8.68. The Morgan fingerprint density at radius 1 is 1.21 bits per heavy atom. The molecular weight excluding hydrogens is 372 g/mol. The Kier molecular flexibility index (Phi) is 6.06. The number of nitrogen functional groups attached to an aromatic ring is 1. The normalized spacial score (nSPS) is 10.9. The molecule has 0 aliphatic heterocycles. The summed E-state index contributed by atoms with van der Waals surface area (Å²) in [5.74, 6) is -0.256. The van der Waals surface area contributed by atoms with Crippen molar-refractivity contribution in [1.82, 2.24) is 19.6 Å². The third kappa shape index (κ3) is 4.68. The second-order valence-corrected chi connectivity index (χ2v) is 6.66. The number of aryl methyl sites for hydroxylation is 3. The molecule has 9 nitrogen and oxygen atoms in total. The van der Waals surface area contributed by atoms with Crippen LogP contribution in [0.5, 0.6) is 0 Å². The second-order valence-electron chi connectivity index (χ2n) is 6.66. The van der Waals surface area contributed by atoms with E-state index >= 15 is 0 Å². The number of rotatable bonds is 7. The molecule has 9 heteroatoms. The maximum absolute atomic E-state index is 12.1. The van der Waals surface area contributed by atoms with Crippen molar-refractivity contribution >= 4 is 29.3 Å². The highest BCUT2D eigenvalue weighted by atomic mass is 16.5. The van der Waals surface area contributed by atoms with E-state index in [9.17, 15) is 9.59 Å². The summed E-state index contributed by atoms with van der Waals surface area (Å²) in [6, 6.07) is 7.53. The summed E-state index contributed by atoms with van der Waals surface area (Å²) in [4.78, 5) is 32.6. The third-order valence-corrected chi connectivity index (χ3v) is 4.68. The van der Waals surface area contributed by atoms with Crippen molar-refractivity contribution in [2.75, 3.05) is 17.7 Å². The minimum absolute atomic E-state index is 0.123. The van der Waals surface area contributed by atoms with Crippen LogP contribution in [0.25, 0.3) is 5.78 Å². The van der Waals surface area contributed by atoms with Crippen LogP contribution < -0.4 is 11.1 Å². The molecule has 0 spiro atoms. The van der Waals surface area contributed by atoms with Gasteiger partial charge in [0.15, 0.2) is 6.61 Å². The lowest BCUT2D eigenvalue weighted by atomic mass is 10.1. The van der Waals surface area contributed by atoms with Crippen LogP contribution in [-0.2, 0) is 27.2 Å². The third-order valence-electron chi connectivity index (χ3n) is 4.68. The zero-order valence-electron chi connectivity index (χ0n) is 16.7. The highest BCUT2D eigenvalue weighted by Crippen LogP contribution is 2.17. The molecule has 1 amide bonds. The van der Waals surface area contributed by atoms with Crippen LogP contribution in [0.4, 0.5) is 11.6 Å². The van der Waals surface area contributed by atoms with E-state index < -0.39 is 5.97 Å². The maximum Gasteiger partial charge on any atom is 0.306 e. The van der Waals surface area contributed by atoms with Crippen molar-refractivity contribution < 1.29 is 14.3 Å². The predicted octanol–water partition coefficient (Wildman–Crippen LogP) is 2.00. The molecule has 2 heterocycles. The zero-order valence-corrected chi connectivity index (χ0v) is 16.7. The summed E-state index contributed by atoms with van der Waals surface area (Å²) in [6.07, 6.45) is 1.34. The van der Waals surface area contributed by atoms with Gasteiger partial charge in [-0.05, 0) is 43.9 Å². The Morgan fingerprint density at radius 2 is 1.97 bits per heavy atom. The Labute approximate surface area is 168 Å². The first-order chi connectivity index (χ1) is 13.9. The van der Waals surface area contributed by atoms with Gasteiger partial charge in [-0.2, -0.15) is 9.50 Å². The van der Waals surface area contributed by atoms with Crippen LogP contribution >= 0.6 is 0 Å². The smallest absolute Gasteiger partial charge is 0.306 e. The number of aromatic nitrogens is 4. The summed E-state index contributed by atoms with van der Waals surface area (Å²) in [7, 11) is 0. The van der Waals surface area contributed by atoms with Gasteiger partial charge in [-0.25, -0.2) is 4.98 Å². The van der Waals surface area contributed by atoms with E-state index in [0.29, 0.717) is 12.2 Å². The minimum atomic E-state index is -0.457. The van der Waals surface area contributed by atoms with Crippen molar-refractivity contribution in [2.45, 2.75) is 40.0 Å². The molecule has 0 radical (unpaired) electrons. The standard InChI is InChI=1S/C20H24N6O3/c1-4-14-7-5-6-8-16(14)23-17(27)11-29-18(28)10-9-15-12(2)22-20-24-19(21)25-26(20)13(15)3/h5-8H,4,9-11H2,1-3H3,(H2,21,25)(H,23,27). The molecule has 3 rings (SSSR count). The highest BCUT2D eigenvalue weighted by molar-refractivity contribution is 5.93. The molecule has 29 heavy (non-hydrogen) atoms. The topological polar surface area (TPSA) is 124 Å². The molecule has 2 aromatic heterocycles. The van der Waals surface area contributed by atoms with Crippen LogP contribution in [-0.4, -0.2) is 38.1 Å². The van der Waals surface area contributed by atoms with Crippen molar-refractivity contribution in [3.63, 3.8) is 0 Å². The number of nitrogens with zero attached hydrogens (tertiary/aromatic N) is 4. The number of nitrogens with one attached hydrogen (secondary N) is 1. The summed E-state index contributed by atoms with van der Waals surface area (Å²) >= 11 is 0. The first kappa shape index (κ1) is 20.2. The molecule has 0 aliphatic rings. The average molecular weight is 396 g/mol. The van der Waals surface area contributed by atoms with Gasteiger partial charge in [0.2, 0.25) is 5.95 Å². The predicted molar refractivity (Wildman–Crippen MR) is 108 cm³/mol. The zero-order chi connectivity index (χ0) is 21.0. The number of carbonyl (C=O) groups excluding carboxylic acids is 2. The maximum atomic E-state index is 12.1. The van der Waals surface area contributed by atoms with Crippen LogP contribution in [0.1, 0.15) is 35.9 Å².